The molecule has 0 radical (unpaired) electrons. The second-order valence-electron chi connectivity index (χ2n) is 2.48. The van der Waals surface area contributed by atoms with E-state index < -0.39 is 6.09 Å². The maximum atomic E-state index is 10.7. The number of amides is 1. The Kier molecular flexibility index (Phi) is 7.79. The van der Waals surface area contributed by atoms with E-state index >= 15 is 0 Å². The van der Waals surface area contributed by atoms with Gasteiger partial charge < -0.3 is 4.74 Å². The summed E-state index contributed by atoms with van der Waals surface area (Å²) in [6, 6.07) is 0. The van der Waals surface area contributed by atoms with Gasteiger partial charge in [-0.1, -0.05) is 19.8 Å². The maximum Gasteiger partial charge on any atom is 0.421 e. The zero-order chi connectivity index (χ0) is 9.23. The van der Waals surface area contributed by atoms with Gasteiger partial charge in [0.15, 0.2) is 0 Å². The second-order valence-corrected chi connectivity index (χ2v) is 2.48. The van der Waals surface area contributed by atoms with Crippen molar-refractivity contribution in [2.24, 2.45) is 0 Å². The van der Waals surface area contributed by atoms with Gasteiger partial charge in [-0.15, -0.1) is 0 Å². The lowest BCUT2D eigenvalue weighted by molar-refractivity contribution is 0.147. The van der Waals surface area contributed by atoms with Crippen molar-refractivity contribution in [3.63, 3.8) is 0 Å². The van der Waals surface area contributed by atoms with Crippen LogP contribution in [0.15, 0.2) is 0 Å². The number of ether oxygens (including phenoxy) is 1. The van der Waals surface area contributed by atoms with Crippen molar-refractivity contribution in [1.82, 2.24) is 10.9 Å². The Balaban J connectivity index is 3.03. The Hall–Kier alpha value is -0.770. The third-order valence-electron chi connectivity index (χ3n) is 1.37. The van der Waals surface area contributed by atoms with Crippen LogP contribution in [0, 0.1) is 0 Å². The van der Waals surface area contributed by atoms with Crippen molar-refractivity contribution < 1.29 is 9.53 Å². The van der Waals surface area contributed by atoms with E-state index in [1.807, 2.05) is 0 Å². The van der Waals surface area contributed by atoms with Crippen LogP contribution in [0.3, 0.4) is 0 Å². The predicted octanol–water partition coefficient (Wildman–Crippen LogP) is 1.43. The molecule has 0 aliphatic carbocycles. The molecule has 0 aliphatic rings. The van der Waals surface area contributed by atoms with E-state index in [-0.39, 0.29) is 0 Å². The van der Waals surface area contributed by atoms with Crippen molar-refractivity contribution in [2.75, 3.05) is 13.2 Å². The zero-order valence-electron chi connectivity index (χ0n) is 7.85. The number of hydrogen-bond acceptors (Lipinski definition) is 3. The SMILES string of the molecule is CCCCCNNC(=O)OCC. The molecule has 0 spiro atoms. The minimum Gasteiger partial charge on any atom is -0.449 e. The van der Waals surface area contributed by atoms with Gasteiger partial charge in [0.05, 0.1) is 6.61 Å². The van der Waals surface area contributed by atoms with Crippen LogP contribution in [0.1, 0.15) is 33.1 Å². The summed E-state index contributed by atoms with van der Waals surface area (Å²) in [5.74, 6) is 0. The molecule has 0 aliphatic heterocycles. The number of carbonyl (C=O) groups is 1. The van der Waals surface area contributed by atoms with Crippen LogP contribution in [0.4, 0.5) is 4.79 Å². The van der Waals surface area contributed by atoms with Gasteiger partial charge in [0.1, 0.15) is 0 Å². The molecule has 0 fully saturated rings. The average Bonchev–Trinajstić information content (AvgIpc) is 2.05. The Morgan fingerprint density at radius 1 is 1.33 bits per heavy atom. The molecule has 1 amide bonds. The van der Waals surface area contributed by atoms with Crippen molar-refractivity contribution in [3.05, 3.63) is 0 Å². The van der Waals surface area contributed by atoms with E-state index in [1.54, 1.807) is 6.92 Å². The fraction of sp³-hybridized carbons (Fsp3) is 0.875. The van der Waals surface area contributed by atoms with Gasteiger partial charge in [-0.2, -0.15) is 0 Å². The Labute approximate surface area is 73.6 Å². The highest BCUT2D eigenvalue weighted by atomic mass is 16.5. The molecule has 0 aromatic carbocycles. The molecular formula is C8H18N2O2. The Morgan fingerprint density at radius 2 is 2.08 bits per heavy atom. The van der Waals surface area contributed by atoms with Crippen LogP contribution in [0.25, 0.3) is 0 Å². The van der Waals surface area contributed by atoms with Gasteiger partial charge in [0.2, 0.25) is 0 Å². The van der Waals surface area contributed by atoms with Gasteiger partial charge in [-0.05, 0) is 13.3 Å². The number of rotatable bonds is 6. The van der Waals surface area contributed by atoms with Gasteiger partial charge in [-0.25, -0.2) is 10.2 Å². The summed E-state index contributed by atoms with van der Waals surface area (Å²) in [7, 11) is 0. The maximum absolute atomic E-state index is 10.7. The monoisotopic (exact) mass is 174 g/mol. The first kappa shape index (κ1) is 11.2. The standard InChI is InChI=1S/C8H18N2O2/c1-3-5-6-7-9-10-8(11)12-4-2/h9H,3-7H2,1-2H3,(H,10,11). The lowest BCUT2D eigenvalue weighted by atomic mass is 10.2. The van der Waals surface area contributed by atoms with Gasteiger partial charge in [0, 0.05) is 6.54 Å². The van der Waals surface area contributed by atoms with Gasteiger partial charge in [-0.3, -0.25) is 5.43 Å². The first-order valence-corrected chi connectivity index (χ1v) is 4.46. The summed E-state index contributed by atoms with van der Waals surface area (Å²) < 4.78 is 4.64. The highest BCUT2D eigenvalue weighted by molar-refractivity contribution is 5.66. The molecule has 0 rings (SSSR count). The van der Waals surface area contributed by atoms with E-state index in [0.717, 1.165) is 13.0 Å². The van der Waals surface area contributed by atoms with Crippen molar-refractivity contribution in [3.8, 4) is 0 Å². The quantitative estimate of drug-likeness (QED) is 0.473. The lowest BCUT2D eigenvalue weighted by Gasteiger charge is -2.05. The molecule has 12 heavy (non-hydrogen) atoms. The van der Waals surface area contributed by atoms with Crippen molar-refractivity contribution >= 4 is 6.09 Å². The van der Waals surface area contributed by atoms with E-state index in [2.05, 4.69) is 22.5 Å². The molecule has 0 unspecified atom stereocenters. The largest absolute Gasteiger partial charge is 0.449 e. The zero-order valence-corrected chi connectivity index (χ0v) is 7.85. The van der Waals surface area contributed by atoms with Crippen LogP contribution in [-0.4, -0.2) is 19.2 Å². The third kappa shape index (κ3) is 7.34. The molecular weight excluding hydrogens is 156 g/mol. The third-order valence-corrected chi connectivity index (χ3v) is 1.37. The predicted molar refractivity (Wildman–Crippen MR) is 47.7 cm³/mol. The Morgan fingerprint density at radius 3 is 2.67 bits per heavy atom. The summed E-state index contributed by atoms with van der Waals surface area (Å²) in [6.07, 6.45) is 3.02. The lowest BCUT2D eigenvalue weighted by Crippen LogP contribution is -2.38. The van der Waals surface area contributed by atoms with Crippen LogP contribution >= 0.6 is 0 Å². The molecule has 0 atom stereocenters. The molecule has 0 heterocycles. The summed E-state index contributed by atoms with van der Waals surface area (Å²) in [4.78, 5) is 10.7. The molecule has 0 aromatic heterocycles. The van der Waals surface area contributed by atoms with Crippen molar-refractivity contribution in [1.29, 1.82) is 0 Å². The van der Waals surface area contributed by atoms with Crippen LogP contribution < -0.4 is 10.9 Å². The van der Waals surface area contributed by atoms with Crippen molar-refractivity contribution in [2.45, 2.75) is 33.1 Å². The van der Waals surface area contributed by atoms with E-state index in [9.17, 15) is 4.79 Å². The Bertz CT molecular complexity index is 118. The fourth-order valence-corrected chi connectivity index (χ4v) is 0.765. The molecule has 0 saturated heterocycles. The summed E-state index contributed by atoms with van der Waals surface area (Å²) in [5.41, 5.74) is 5.21. The van der Waals surface area contributed by atoms with Gasteiger partial charge >= 0.3 is 6.09 Å². The highest BCUT2D eigenvalue weighted by Gasteiger charge is 1.96. The number of hydrazine groups is 1. The molecule has 4 heteroatoms. The minimum atomic E-state index is -0.408. The normalized spacial score (nSPS) is 9.50. The number of hydrogen-bond donors (Lipinski definition) is 2. The van der Waals surface area contributed by atoms with Crippen LogP contribution in [0.5, 0.6) is 0 Å². The number of unbranched alkanes of at least 4 members (excludes halogenated alkanes) is 2. The molecule has 4 nitrogen and oxygen atoms in total. The van der Waals surface area contributed by atoms with Crippen LogP contribution in [-0.2, 0) is 4.74 Å². The molecule has 0 aromatic rings. The first-order valence-electron chi connectivity index (χ1n) is 4.46. The highest BCUT2D eigenvalue weighted by Crippen LogP contribution is 1.89. The number of nitrogens with one attached hydrogen (secondary N) is 2. The van der Waals surface area contributed by atoms with E-state index in [0.29, 0.717) is 6.61 Å². The smallest absolute Gasteiger partial charge is 0.421 e. The summed E-state index contributed by atoms with van der Waals surface area (Å²) in [5, 5.41) is 0. The second kappa shape index (κ2) is 8.33. The summed E-state index contributed by atoms with van der Waals surface area (Å²) in [6.45, 7) is 5.12. The average molecular weight is 174 g/mol. The topological polar surface area (TPSA) is 50.4 Å². The first-order chi connectivity index (χ1) is 5.81. The van der Waals surface area contributed by atoms with Gasteiger partial charge in [0.25, 0.3) is 0 Å². The number of carbonyl (C=O) groups excluding carboxylic acids is 1. The fourth-order valence-electron chi connectivity index (χ4n) is 0.765. The van der Waals surface area contributed by atoms with Crippen LogP contribution in [0.2, 0.25) is 0 Å². The molecule has 0 bridgehead atoms. The van der Waals surface area contributed by atoms with E-state index in [4.69, 9.17) is 0 Å². The summed E-state index contributed by atoms with van der Waals surface area (Å²) >= 11 is 0. The molecule has 72 valence electrons. The minimum absolute atomic E-state index is 0.405. The molecule has 2 N–H and O–H groups in total. The van der Waals surface area contributed by atoms with E-state index in [1.165, 1.54) is 12.8 Å². The molecule has 0 saturated carbocycles.